The van der Waals surface area contributed by atoms with E-state index >= 15 is 0 Å². The highest BCUT2D eigenvalue weighted by Crippen LogP contribution is 2.10. The lowest BCUT2D eigenvalue weighted by Crippen LogP contribution is -2.43. The van der Waals surface area contributed by atoms with Crippen molar-refractivity contribution in [1.29, 1.82) is 0 Å². The summed E-state index contributed by atoms with van der Waals surface area (Å²) in [7, 11) is 1.34. The molecule has 5 nitrogen and oxygen atoms in total. The van der Waals surface area contributed by atoms with E-state index in [1.165, 1.54) is 7.11 Å². The summed E-state index contributed by atoms with van der Waals surface area (Å²) >= 11 is 0. The summed E-state index contributed by atoms with van der Waals surface area (Å²) in [6, 6.07) is 9.11. The quantitative estimate of drug-likeness (QED) is 0.785. The molecule has 0 fully saturated rings. The molecule has 1 aromatic carbocycles. The van der Waals surface area contributed by atoms with Crippen molar-refractivity contribution >= 4 is 12.0 Å². The smallest absolute Gasteiger partial charge is 0.315 e. The van der Waals surface area contributed by atoms with Gasteiger partial charge in [0.05, 0.1) is 19.6 Å². The zero-order chi connectivity index (χ0) is 15.0. The first-order valence-electron chi connectivity index (χ1n) is 6.75. The Morgan fingerprint density at radius 1 is 1.20 bits per heavy atom. The molecule has 0 saturated carbocycles. The molecule has 0 bridgehead atoms. The second-order valence-corrected chi connectivity index (χ2v) is 4.64. The lowest BCUT2D eigenvalue weighted by Gasteiger charge is -2.19. The first-order chi connectivity index (χ1) is 9.56. The highest BCUT2D eigenvalue weighted by molar-refractivity contribution is 5.76. The molecule has 0 radical (unpaired) electrons. The minimum Gasteiger partial charge on any atom is -0.469 e. The number of hydrogen-bond acceptors (Lipinski definition) is 3. The molecule has 5 heteroatoms. The average molecular weight is 278 g/mol. The normalized spacial score (nSPS) is 13.2. The van der Waals surface area contributed by atoms with Crippen LogP contribution in [0.15, 0.2) is 30.3 Å². The Morgan fingerprint density at radius 3 is 2.40 bits per heavy atom. The second-order valence-electron chi connectivity index (χ2n) is 4.64. The molecule has 1 aromatic rings. The van der Waals surface area contributed by atoms with E-state index in [2.05, 4.69) is 15.4 Å². The van der Waals surface area contributed by atoms with Crippen LogP contribution < -0.4 is 10.6 Å². The molecule has 0 aromatic heterocycles. The van der Waals surface area contributed by atoms with Crippen molar-refractivity contribution in [2.45, 2.75) is 38.8 Å². The van der Waals surface area contributed by atoms with Gasteiger partial charge in [-0.25, -0.2) is 4.79 Å². The van der Waals surface area contributed by atoms with Crippen molar-refractivity contribution in [1.82, 2.24) is 10.6 Å². The molecule has 0 saturated heterocycles. The number of amides is 2. The minimum atomic E-state index is -0.326. The standard InChI is InChI=1S/C15H22N2O3/c1-4-13(10-14(18)20-3)17-15(19)16-11(2)12-8-6-5-7-9-12/h5-9,11,13H,4,10H2,1-3H3,(H2,16,17,19)/t11-,13-/m1/s1. The number of esters is 1. The van der Waals surface area contributed by atoms with Gasteiger partial charge in [0.25, 0.3) is 0 Å². The summed E-state index contributed by atoms with van der Waals surface area (Å²) in [6.45, 7) is 3.82. The van der Waals surface area contributed by atoms with Crippen molar-refractivity contribution < 1.29 is 14.3 Å². The molecular weight excluding hydrogens is 256 g/mol. The van der Waals surface area contributed by atoms with Gasteiger partial charge in [-0.15, -0.1) is 0 Å². The monoisotopic (exact) mass is 278 g/mol. The molecule has 2 atom stereocenters. The fraction of sp³-hybridized carbons (Fsp3) is 0.467. The summed E-state index contributed by atoms with van der Waals surface area (Å²) in [5, 5.41) is 5.63. The maximum atomic E-state index is 11.9. The van der Waals surface area contributed by atoms with Crippen LogP contribution in [0.3, 0.4) is 0 Å². The van der Waals surface area contributed by atoms with E-state index in [-0.39, 0.29) is 30.5 Å². The zero-order valence-corrected chi connectivity index (χ0v) is 12.2. The summed E-state index contributed by atoms with van der Waals surface area (Å²) in [4.78, 5) is 23.1. The molecule has 0 heterocycles. The van der Waals surface area contributed by atoms with Gasteiger partial charge in [-0.05, 0) is 18.9 Å². The van der Waals surface area contributed by atoms with Crippen LogP contribution in [0.2, 0.25) is 0 Å². The van der Waals surface area contributed by atoms with Gasteiger partial charge in [0, 0.05) is 6.04 Å². The van der Waals surface area contributed by atoms with E-state index in [0.717, 1.165) is 5.56 Å². The zero-order valence-electron chi connectivity index (χ0n) is 12.2. The van der Waals surface area contributed by atoms with Crippen LogP contribution in [0.5, 0.6) is 0 Å². The summed E-state index contributed by atoms with van der Waals surface area (Å²) in [5.74, 6) is -0.326. The number of carbonyl (C=O) groups is 2. The molecule has 110 valence electrons. The van der Waals surface area contributed by atoms with Gasteiger partial charge in [0.2, 0.25) is 0 Å². The van der Waals surface area contributed by atoms with Gasteiger partial charge in [0.1, 0.15) is 0 Å². The number of carbonyl (C=O) groups excluding carboxylic acids is 2. The van der Waals surface area contributed by atoms with Crippen LogP contribution in [-0.2, 0) is 9.53 Å². The van der Waals surface area contributed by atoms with Crippen LogP contribution >= 0.6 is 0 Å². The molecular formula is C15H22N2O3. The third-order valence-corrected chi connectivity index (χ3v) is 3.12. The van der Waals surface area contributed by atoms with Crippen molar-refractivity contribution in [3.05, 3.63) is 35.9 Å². The molecule has 0 aliphatic rings. The average Bonchev–Trinajstić information content (AvgIpc) is 2.47. The molecule has 0 unspecified atom stereocenters. The Morgan fingerprint density at radius 2 is 1.85 bits per heavy atom. The molecule has 1 rings (SSSR count). The van der Waals surface area contributed by atoms with Crippen molar-refractivity contribution in [2.24, 2.45) is 0 Å². The first kappa shape index (κ1) is 16.0. The Labute approximate surface area is 119 Å². The van der Waals surface area contributed by atoms with E-state index in [9.17, 15) is 9.59 Å². The number of rotatable bonds is 6. The topological polar surface area (TPSA) is 67.4 Å². The molecule has 0 spiro atoms. The molecule has 2 N–H and O–H groups in total. The van der Waals surface area contributed by atoms with E-state index in [4.69, 9.17) is 0 Å². The molecule has 0 aliphatic carbocycles. The maximum Gasteiger partial charge on any atom is 0.315 e. The fourth-order valence-electron chi connectivity index (χ4n) is 1.83. The highest BCUT2D eigenvalue weighted by atomic mass is 16.5. The van der Waals surface area contributed by atoms with Crippen molar-refractivity contribution in [2.75, 3.05) is 7.11 Å². The van der Waals surface area contributed by atoms with Crippen LogP contribution in [0.1, 0.15) is 38.3 Å². The van der Waals surface area contributed by atoms with E-state index in [1.807, 2.05) is 44.2 Å². The Bertz CT molecular complexity index is 434. The minimum absolute atomic E-state index is 0.0909. The second kappa shape index (κ2) is 8.19. The van der Waals surface area contributed by atoms with Crippen LogP contribution in [0, 0.1) is 0 Å². The molecule has 20 heavy (non-hydrogen) atoms. The summed E-state index contributed by atoms with van der Waals surface area (Å²) in [6.07, 6.45) is 0.850. The number of nitrogens with one attached hydrogen (secondary N) is 2. The summed E-state index contributed by atoms with van der Waals surface area (Å²) < 4.78 is 4.60. The third-order valence-electron chi connectivity index (χ3n) is 3.12. The maximum absolute atomic E-state index is 11.9. The fourth-order valence-corrected chi connectivity index (χ4v) is 1.83. The Kier molecular flexibility index (Phi) is 6.56. The highest BCUT2D eigenvalue weighted by Gasteiger charge is 2.16. The number of urea groups is 1. The lowest BCUT2D eigenvalue weighted by molar-refractivity contribution is -0.141. The van der Waals surface area contributed by atoms with Gasteiger partial charge >= 0.3 is 12.0 Å². The van der Waals surface area contributed by atoms with Gasteiger partial charge in [-0.1, -0.05) is 37.3 Å². The van der Waals surface area contributed by atoms with Gasteiger partial charge < -0.3 is 15.4 Å². The summed E-state index contributed by atoms with van der Waals surface area (Å²) in [5.41, 5.74) is 1.03. The third kappa shape index (κ3) is 5.30. The van der Waals surface area contributed by atoms with Crippen molar-refractivity contribution in [3.63, 3.8) is 0 Å². The van der Waals surface area contributed by atoms with Gasteiger partial charge in [0.15, 0.2) is 0 Å². The molecule has 0 aliphatic heterocycles. The van der Waals surface area contributed by atoms with E-state index in [1.54, 1.807) is 0 Å². The van der Waals surface area contributed by atoms with Gasteiger partial charge in [-0.3, -0.25) is 4.79 Å². The first-order valence-corrected chi connectivity index (χ1v) is 6.75. The SMILES string of the molecule is CC[C@H](CC(=O)OC)NC(=O)N[C@H](C)c1ccccc1. The van der Waals surface area contributed by atoms with Gasteiger partial charge in [-0.2, -0.15) is 0 Å². The van der Waals surface area contributed by atoms with E-state index in [0.29, 0.717) is 6.42 Å². The Hall–Kier alpha value is -2.04. The van der Waals surface area contributed by atoms with Crippen molar-refractivity contribution in [3.8, 4) is 0 Å². The largest absolute Gasteiger partial charge is 0.469 e. The van der Waals surface area contributed by atoms with E-state index < -0.39 is 0 Å². The number of methoxy groups -OCH3 is 1. The van der Waals surface area contributed by atoms with Crippen LogP contribution in [-0.4, -0.2) is 25.2 Å². The predicted molar refractivity (Wildman–Crippen MR) is 77.2 cm³/mol. The number of hydrogen-bond donors (Lipinski definition) is 2. The lowest BCUT2D eigenvalue weighted by atomic mass is 10.1. The number of benzene rings is 1. The predicted octanol–water partition coefficient (Wildman–Crippen LogP) is 2.39. The Balaban J connectivity index is 2.47. The van der Waals surface area contributed by atoms with Crippen LogP contribution in [0.25, 0.3) is 0 Å². The molecule has 2 amide bonds. The van der Waals surface area contributed by atoms with Crippen LogP contribution in [0.4, 0.5) is 4.79 Å². The number of ether oxygens (including phenoxy) is 1.